The van der Waals surface area contributed by atoms with Gasteiger partial charge in [-0.25, -0.2) is 0 Å². The number of nitrogens with one attached hydrogen (secondary N) is 2. The fraction of sp³-hybridized carbons (Fsp3) is 0.133. The number of H-pyrrole nitrogens is 1. The van der Waals surface area contributed by atoms with Crippen LogP contribution in [-0.2, 0) is 17.9 Å². The maximum absolute atomic E-state index is 12.2. The maximum Gasteiger partial charge on any atom is 0.240 e. The van der Waals surface area contributed by atoms with Crippen molar-refractivity contribution >= 4 is 41.1 Å². The van der Waals surface area contributed by atoms with E-state index in [0.717, 1.165) is 10.4 Å². The van der Waals surface area contributed by atoms with E-state index in [4.69, 9.17) is 23.8 Å². The van der Waals surface area contributed by atoms with Gasteiger partial charge in [0.1, 0.15) is 6.54 Å². The van der Waals surface area contributed by atoms with Crippen LogP contribution >= 0.6 is 35.2 Å². The normalized spacial score (nSPS) is 10.7. The third-order valence-corrected chi connectivity index (χ3v) is 4.78. The van der Waals surface area contributed by atoms with Gasteiger partial charge >= 0.3 is 0 Å². The van der Waals surface area contributed by atoms with E-state index in [9.17, 15) is 4.79 Å². The Morgan fingerprint density at radius 1 is 1.35 bits per heavy atom. The van der Waals surface area contributed by atoms with E-state index in [-0.39, 0.29) is 12.5 Å². The van der Waals surface area contributed by atoms with Gasteiger partial charge < -0.3 is 5.32 Å². The molecule has 2 aromatic heterocycles. The smallest absolute Gasteiger partial charge is 0.240 e. The number of hydrogen-bond acceptors (Lipinski definition) is 4. The molecular formula is C15H13ClN4OS2. The Morgan fingerprint density at radius 2 is 2.17 bits per heavy atom. The monoisotopic (exact) mass is 364 g/mol. The molecular weight excluding hydrogens is 352 g/mol. The van der Waals surface area contributed by atoms with E-state index in [1.807, 2.05) is 35.7 Å². The van der Waals surface area contributed by atoms with Gasteiger partial charge in [0.2, 0.25) is 5.91 Å². The second-order valence-corrected chi connectivity index (χ2v) is 6.53. The fourth-order valence-corrected chi connectivity index (χ4v) is 3.21. The number of carbonyl (C=O) groups excluding carboxylic acids is 1. The molecule has 0 fully saturated rings. The van der Waals surface area contributed by atoms with Gasteiger partial charge in [-0.05, 0) is 35.3 Å². The molecule has 0 atom stereocenters. The van der Waals surface area contributed by atoms with Gasteiger partial charge in [0.15, 0.2) is 10.6 Å². The Morgan fingerprint density at radius 3 is 2.91 bits per heavy atom. The van der Waals surface area contributed by atoms with Crippen molar-refractivity contribution in [3.05, 3.63) is 57.1 Å². The van der Waals surface area contributed by atoms with Gasteiger partial charge in [0.05, 0.1) is 4.88 Å². The summed E-state index contributed by atoms with van der Waals surface area (Å²) in [5, 5.41) is 12.4. The van der Waals surface area contributed by atoms with Crippen LogP contribution in [0.25, 0.3) is 10.7 Å². The molecule has 0 unspecified atom stereocenters. The highest BCUT2D eigenvalue weighted by Crippen LogP contribution is 2.22. The highest BCUT2D eigenvalue weighted by Gasteiger charge is 2.13. The number of aromatic amines is 1. The first-order chi connectivity index (χ1) is 11.1. The average molecular weight is 365 g/mol. The lowest BCUT2D eigenvalue weighted by Crippen LogP contribution is -2.27. The number of thiophene rings is 1. The number of benzene rings is 1. The molecule has 118 valence electrons. The first-order valence-electron chi connectivity index (χ1n) is 6.84. The molecule has 1 aromatic carbocycles. The molecule has 2 heterocycles. The van der Waals surface area contributed by atoms with Crippen LogP contribution < -0.4 is 5.32 Å². The van der Waals surface area contributed by atoms with E-state index < -0.39 is 0 Å². The second kappa shape index (κ2) is 7.08. The maximum atomic E-state index is 12.2. The van der Waals surface area contributed by atoms with Crippen molar-refractivity contribution in [2.24, 2.45) is 0 Å². The molecule has 23 heavy (non-hydrogen) atoms. The minimum absolute atomic E-state index is 0.104. The molecule has 5 nitrogen and oxygen atoms in total. The first kappa shape index (κ1) is 15.9. The number of amides is 1. The van der Waals surface area contributed by atoms with Crippen LogP contribution in [0.2, 0.25) is 5.02 Å². The van der Waals surface area contributed by atoms with Crippen LogP contribution in [0.15, 0.2) is 41.8 Å². The predicted molar refractivity (Wildman–Crippen MR) is 94.0 cm³/mol. The minimum Gasteiger partial charge on any atom is -0.350 e. The molecule has 0 aliphatic carbocycles. The van der Waals surface area contributed by atoms with Crippen LogP contribution in [0.5, 0.6) is 0 Å². The molecule has 0 aliphatic heterocycles. The molecule has 2 N–H and O–H groups in total. The van der Waals surface area contributed by atoms with Gasteiger partial charge in [-0.2, -0.15) is 5.10 Å². The summed E-state index contributed by atoms with van der Waals surface area (Å²) >= 11 is 12.8. The lowest BCUT2D eigenvalue weighted by Gasteiger charge is -2.08. The lowest BCUT2D eigenvalue weighted by molar-refractivity contribution is -0.121. The van der Waals surface area contributed by atoms with Crippen LogP contribution in [-0.4, -0.2) is 20.7 Å². The Bertz CT molecular complexity index is 870. The predicted octanol–water partition coefficient (Wildman–Crippen LogP) is 3.64. The fourth-order valence-electron chi connectivity index (χ4n) is 2.09. The van der Waals surface area contributed by atoms with Gasteiger partial charge in [0.25, 0.3) is 0 Å². The topological polar surface area (TPSA) is 62.7 Å². The van der Waals surface area contributed by atoms with Crippen LogP contribution in [0, 0.1) is 4.77 Å². The van der Waals surface area contributed by atoms with Gasteiger partial charge in [0, 0.05) is 11.6 Å². The Kier molecular flexibility index (Phi) is 4.90. The molecule has 3 aromatic rings. The van der Waals surface area contributed by atoms with Gasteiger partial charge in [-0.1, -0.05) is 35.9 Å². The Balaban J connectivity index is 1.70. The summed E-state index contributed by atoms with van der Waals surface area (Å²) in [6, 6.07) is 11.3. The number of halogens is 1. The number of aromatic nitrogens is 3. The van der Waals surface area contributed by atoms with Gasteiger partial charge in [-0.15, -0.1) is 11.3 Å². The summed E-state index contributed by atoms with van der Waals surface area (Å²) in [4.78, 5) is 13.2. The molecule has 3 rings (SSSR count). The largest absolute Gasteiger partial charge is 0.350 e. The molecule has 8 heteroatoms. The standard InChI is InChI=1S/C15H13ClN4OS2/c16-11-5-2-1-4-10(11)8-17-13(21)9-20-14(18-19-15(20)22)12-6-3-7-23-12/h1-7H,8-9H2,(H,17,21)(H,19,22). The molecule has 0 saturated heterocycles. The third kappa shape index (κ3) is 3.69. The molecule has 1 amide bonds. The summed E-state index contributed by atoms with van der Waals surface area (Å²) in [6.45, 7) is 0.477. The summed E-state index contributed by atoms with van der Waals surface area (Å²) < 4.78 is 2.10. The van der Waals surface area contributed by atoms with E-state index >= 15 is 0 Å². The second-order valence-electron chi connectivity index (χ2n) is 4.78. The number of carbonyl (C=O) groups is 1. The number of hydrogen-bond donors (Lipinski definition) is 2. The van der Waals surface area contributed by atoms with Crippen molar-refractivity contribution in [3.63, 3.8) is 0 Å². The van der Waals surface area contributed by atoms with E-state index in [1.165, 1.54) is 0 Å². The molecule has 0 bridgehead atoms. The van der Waals surface area contributed by atoms with Crippen molar-refractivity contribution in [1.29, 1.82) is 0 Å². The zero-order chi connectivity index (χ0) is 16.2. The highest BCUT2D eigenvalue weighted by molar-refractivity contribution is 7.71. The van der Waals surface area contributed by atoms with E-state index in [0.29, 0.717) is 22.2 Å². The van der Waals surface area contributed by atoms with Crippen molar-refractivity contribution < 1.29 is 4.79 Å². The minimum atomic E-state index is -0.153. The van der Waals surface area contributed by atoms with E-state index in [1.54, 1.807) is 22.0 Å². The van der Waals surface area contributed by atoms with Crippen molar-refractivity contribution in [2.75, 3.05) is 0 Å². The number of rotatable bonds is 5. The summed E-state index contributed by atoms with van der Waals surface area (Å²) in [5.74, 6) is 0.512. The molecule has 0 radical (unpaired) electrons. The summed E-state index contributed by atoms with van der Waals surface area (Å²) in [6.07, 6.45) is 0. The molecule has 0 spiro atoms. The van der Waals surface area contributed by atoms with Crippen molar-refractivity contribution in [1.82, 2.24) is 20.1 Å². The lowest BCUT2D eigenvalue weighted by atomic mass is 10.2. The zero-order valence-corrected chi connectivity index (χ0v) is 14.3. The summed E-state index contributed by atoms with van der Waals surface area (Å²) in [7, 11) is 0. The van der Waals surface area contributed by atoms with Crippen LogP contribution in [0.4, 0.5) is 0 Å². The zero-order valence-electron chi connectivity index (χ0n) is 12.0. The number of nitrogens with zero attached hydrogens (tertiary/aromatic N) is 2. The molecule has 0 saturated carbocycles. The van der Waals surface area contributed by atoms with Crippen molar-refractivity contribution in [3.8, 4) is 10.7 Å². The quantitative estimate of drug-likeness (QED) is 0.679. The Hall–Kier alpha value is -1.96. The van der Waals surface area contributed by atoms with E-state index in [2.05, 4.69) is 15.5 Å². The molecule has 0 aliphatic rings. The highest BCUT2D eigenvalue weighted by atomic mass is 35.5. The average Bonchev–Trinajstić information content (AvgIpc) is 3.17. The Labute approximate surface area is 146 Å². The van der Waals surface area contributed by atoms with Gasteiger partial charge in [-0.3, -0.25) is 14.5 Å². The van der Waals surface area contributed by atoms with Crippen LogP contribution in [0.1, 0.15) is 5.56 Å². The summed E-state index contributed by atoms with van der Waals surface area (Å²) in [5.41, 5.74) is 0.872. The van der Waals surface area contributed by atoms with Crippen molar-refractivity contribution in [2.45, 2.75) is 13.1 Å². The first-order valence-corrected chi connectivity index (χ1v) is 8.51. The van der Waals surface area contributed by atoms with Crippen LogP contribution in [0.3, 0.4) is 0 Å². The SMILES string of the molecule is O=C(Cn1c(-c2cccs2)n[nH]c1=S)NCc1ccccc1Cl. The third-order valence-electron chi connectivity index (χ3n) is 3.24.